The maximum absolute atomic E-state index is 12.6. The largest absolute Gasteiger partial charge is 0.350 e. The average Bonchev–Trinajstić information content (AvgIpc) is 2.98. The molecular weight excluding hydrogens is 302 g/mol. The molecule has 1 aromatic carbocycles. The van der Waals surface area contributed by atoms with Gasteiger partial charge in [-0.25, -0.2) is 0 Å². The van der Waals surface area contributed by atoms with Gasteiger partial charge in [0.15, 0.2) is 0 Å². The van der Waals surface area contributed by atoms with E-state index in [1.54, 1.807) is 13.1 Å². The quantitative estimate of drug-likeness (QED) is 0.939. The summed E-state index contributed by atoms with van der Waals surface area (Å²) in [6.45, 7) is 7.77. The molecule has 128 valence electrons. The topological polar surface area (TPSA) is 54.3 Å². The third kappa shape index (κ3) is 4.47. The predicted octanol–water partition coefficient (Wildman–Crippen LogP) is 2.77. The first-order chi connectivity index (χ1) is 11.2. The molecule has 0 aliphatic heterocycles. The number of aryl methyl sites for hydroxylation is 1. The zero-order valence-corrected chi connectivity index (χ0v) is 15.0. The van der Waals surface area contributed by atoms with Crippen LogP contribution >= 0.6 is 0 Å². The van der Waals surface area contributed by atoms with Gasteiger partial charge in [-0.15, -0.1) is 0 Å². The Morgan fingerprint density at radius 3 is 2.38 bits per heavy atom. The van der Waals surface area contributed by atoms with E-state index in [9.17, 15) is 9.59 Å². The number of hydrogen-bond donors (Lipinski definition) is 1. The molecule has 5 heteroatoms. The molecule has 0 bridgehead atoms. The standard InChI is InChI=1S/C19H25N3O2/c1-14-8-9-15(12-16(14)22-10-6-7-11-22)18(24)21(5)13-17(23)20-19(2,3)4/h6-12H,13H2,1-5H3,(H,20,23). The number of benzene rings is 1. The molecule has 0 radical (unpaired) electrons. The SMILES string of the molecule is Cc1ccc(C(=O)N(C)CC(=O)NC(C)(C)C)cc1-n1cccc1. The lowest BCUT2D eigenvalue weighted by atomic mass is 10.1. The zero-order chi connectivity index (χ0) is 17.9. The third-order valence-electron chi connectivity index (χ3n) is 3.58. The highest BCUT2D eigenvalue weighted by Gasteiger charge is 2.19. The number of carbonyl (C=O) groups is 2. The minimum atomic E-state index is -0.313. The number of carbonyl (C=O) groups excluding carboxylic acids is 2. The fraction of sp³-hybridized carbons (Fsp3) is 0.368. The maximum atomic E-state index is 12.6. The van der Waals surface area contributed by atoms with Crippen molar-refractivity contribution in [2.45, 2.75) is 33.2 Å². The normalized spacial score (nSPS) is 11.2. The van der Waals surface area contributed by atoms with Crippen LogP contribution in [-0.2, 0) is 4.79 Å². The molecule has 24 heavy (non-hydrogen) atoms. The van der Waals surface area contributed by atoms with E-state index >= 15 is 0 Å². The van der Waals surface area contributed by atoms with Crippen LogP contribution in [0.1, 0.15) is 36.7 Å². The summed E-state index contributed by atoms with van der Waals surface area (Å²) in [6.07, 6.45) is 3.88. The molecule has 1 N–H and O–H groups in total. The number of amides is 2. The lowest BCUT2D eigenvalue weighted by Gasteiger charge is -2.23. The molecule has 0 spiro atoms. The van der Waals surface area contributed by atoms with Crippen molar-refractivity contribution in [1.29, 1.82) is 0 Å². The third-order valence-corrected chi connectivity index (χ3v) is 3.58. The lowest BCUT2D eigenvalue weighted by Crippen LogP contribution is -2.46. The summed E-state index contributed by atoms with van der Waals surface area (Å²) in [5.74, 6) is -0.344. The molecule has 0 saturated heterocycles. The van der Waals surface area contributed by atoms with Crippen molar-refractivity contribution in [3.63, 3.8) is 0 Å². The van der Waals surface area contributed by atoms with Crippen LogP contribution in [0.25, 0.3) is 5.69 Å². The number of nitrogens with zero attached hydrogens (tertiary/aromatic N) is 2. The number of hydrogen-bond acceptors (Lipinski definition) is 2. The zero-order valence-electron chi connectivity index (χ0n) is 15.0. The monoisotopic (exact) mass is 327 g/mol. The molecule has 0 saturated carbocycles. The van der Waals surface area contributed by atoms with Gasteiger partial charge >= 0.3 is 0 Å². The minimum Gasteiger partial charge on any atom is -0.350 e. The molecule has 2 aromatic rings. The first kappa shape index (κ1) is 17.8. The molecule has 1 heterocycles. The Bertz CT molecular complexity index is 728. The van der Waals surface area contributed by atoms with Gasteiger partial charge in [-0.05, 0) is 57.5 Å². The highest BCUT2D eigenvalue weighted by atomic mass is 16.2. The van der Waals surface area contributed by atoms with Crippen molar-refractivity contribution in [2.24, 2.45) is 0 Å². The van der Waals surface area contributed by atoms with Gasteiger partial charge < -0.3 is 14.8 Å². The van der Waals surface area contributed by atoms with E-state index in [2.05, 4.69) is 5.32 Å². The fourth-order valence-electron chi connectivity index (χ4n) is 2.48. The average molecular weight is 327 g/mol. The van der Waals surface area contributed by atoms with Crippen LogP contribution in [0.5, 0.6) is 0 Å². The second-order valence-corrected chi connectivity index (χ2v) is 7.05. The van der Waals surface area contributed by atoms with Crippen LogP contribution < -0.4 is 5.32 Å². The van der Waals surface area contributed by atoms with Crippen LogP contribution in [-0.4, -0.2) is 40.4 Å². The Hall–Kier alpha value is -2.56. The van der Waals surface area contributed by atoms with Crippen molar-refractivity contribution < 1.29 is 9.59 Å². The smallest absolute Gasteiger partial charge is 0.254 e. The van der Waals surface area contributed by atoms with E-state index in [0.29, 0.717) is 5.56 Å². The van der Waals surface area contributed by atoms with E-state index in [-0.39, 0.29) is 23.9 Å². The van der Waals surface area contributed by atoms with Gasteiger partial charge in [-0.1, -0.05) is 6.07 Å². The molecule has 2 rings (SSSR count). The van der Waals surface area contributed by atoms with Gasteiger partial charge in [-0.2, -0.15) is 0 Å². The first-order valence-electron chi connectivity index (χ1n) is 7.98. The van der Waals surface area contributed by atoms with E-state index in [1.807, 2.05) is 68.9 Å². The molecule has 1 aromatic heterocycles. The van der Waals surface area contributed by atoms with Gasteiger partial charge in [0, 0.05) is 36.2 Å². The van der Waals surface area contributed by atoms with Crippen molar-refractivity contribution in [1.82, 2.24) is 14.8 Å². The molecule has 0 atom stereocenters. The van der Waals surface area contributed by atoms with Crippen LogP contribution in [0.2, 0.25) is 0 Å². The summed E-state index contributed by atoms with van der Waals surface area (Å²) in [7, 11) is 1.64. The van der Waals surface area contributed by atoms with Crippen molar-refractivity contribution in [2.75, 3.05) is 13.6 Å². The van der Waals surface area contributed by atoms with Crippen LogP contribution in [0, 0.1) is 6.92 Å². The lowest BCUT2D eigenvalue weighted by molar-refractivity contribution is -0.122. The molecule has 0 unspecified atom stereocenters. The van der Waals surface area contributed by atoms with Crippen LogP contribution in [0.4, 0.5) is 0 Å². The summed E-state index contributed by atoms with van der Waals surface area (Å²) >= 11 is 0. The highest BCUT2D eigenvalue weighted by molar-refractivity contribution is 5.97. The van der Waals surface area contributed by atoms with Crippen molar-refractivity contribution in [3.05, 3.63) is 53.9 Å². The molecule has 0 aliphatic rings. The first-order valence-corrected chi connectivity index (χ1v) is 7.98. The summed E-state index contributed by atoms with van der Waals surface area (Å²) in [4.78, 5) is 26.1. The Balaban J connectivity index is 2.15. The van der Waals surface area contributed by atoms with E-state index in [4.69, 9.17) is 0 Å². The van der Waals surface area contributed by atoms with Gasteiger partial charge in [-0.3, -0.25) is 9.59 Å². The Morgan fingerprint density at radius 1 is 1.17 bits per heavy atom. The van der Waals surface area contributed by atoms with Crippen molar-refractivity contribution >= 4 is 11.8 Å². The number of likely N-dealkylation sites (N-methyl/N-ethyl adjacent to an activating group) is 1. The minimum absolute atomic E-state index is 0.0306. The number of rotatable bonds is 4. The molecule has 0 fully saturated rings. The summed E-state index contributed by atoms with van der Waals surface area (Å²) in [5.41, 5.74) is 2.29. The van der Waals surface area contributed by atoms with Gasteiger partial charge in [0.1, 0.15) is 0 Å². The van der Waals surface area contributed by atoms with Gasteiger partial charge in [0.2, 0.25) is 5.91 Å². The molecule has 2 amide bonds. The summed E-state index contributed by atoms with van der Waals surface area (Å²) < 4.78 is 1.97. The molecular formula is C19H25N3O2. The summed E-state index contributed by atoms with van der Waals surface area (Å²) in [6, 6.07) is 9.46. The highest BCUT2D eigenvalue weighted by Crippen LogP contribution is 2.17. The molecule has 5 nitrogen and oxygen atoms in total. The molecule has 0 aliphatic carbocycles. The fourth-order valence-corrected chi connectivity index (χ4v) is 2.48. The van der Waals surface area contributed by atoms with Crippen LogP contribution in [0.3, 0.4) is 0 Å². The van der Waals surface area contributed by atoms with Gasteiger partial charge in [0.25, 0.3) is 5.91 Å². The number of aromatic nitrogens is 1. The number of nitrogens with one attached hydrogen (secondary N) is 1. The Morgan fingerprint density at radius 2 is 1.79 bits per heavy atom. The Labute approximate surface area is 143 Å². The second kappa shape index (κ2) is 6.91. The second-order valence-electron chi connectivity index (χ2n) is 7.05. The summed E-state index contributed by atoms with van der Waals surface area (Å²) in [5, 5.41) is 2.86. The van der Waals surface area contributed by atoms with E-state index < -0.39 is 0 Å². The van der Waals surface area contributed by atoms with E-state index in [1.165, 1.54) is 4.90 Å². The van der Waals surface area contributed by atoms with Gasteiger partial charge in [0.05, 0.1) is 6.54 Å². The Kier molecular flexibility index (Phi) is 5.12. The van der Waals surface area contributed by atoms with Crippen LogP contribution in [0.15, 0.2) is 42.7 Å². The van der Waals surface area contributed by atoms with E-state index in [0.717, 1.165) is 11.3 Å². The maximum Gasteiger partial charge on any atom is 0.254 e. The predicted molar refractivity (Wildman–Crippen MR) is 95.4 cm³/mol. The van der Waals surface area contributed by atoms with Crippen molar-refractivity contribution in [3.8, 4) is 5.69 Å².